The summed E-state index contributed by atoms with van der Waals surface area (Å²) in [7, 11) is 3.69. The lowest BCUT2D eigenvalue weighted by molar-refractivity contribution is 0.0404. The van der Waals surface area contributed by atoms with E-state index >= 15 is 0 Å². The fraction of sp³-hybridized carbons (Fsp3) is 0.474. The smallest absolute Gasteiger partial charge is 0.255 e. The van der Waals surface area contributed by atoms with Crippen LogP contribution in [0.3, 0.4) is 0 Å². The van der Waals surface area contributed by atoms with E-state index in [0.29, 0.717) is 17.4 Å². The van der Waals surface area contributed by atoms with Gasteiger partial charge in [0.1, 0.15) is 0 Å². The maximum atomic E-state index is 13.3. The Bertz CT molecular complexity index is 744. The number of piperazine rings is 1. The van der Waals surface area contributed by atoms with Gasteiger partial charge < -0.3 is 14.5 Å². The van der Waals surface area contributed by atoms with Gasteiger partial charge in [-0.1, -0.05) is 32.0 Å². The van der Waals surface area contributed by atoms with Crippen LogP contribution in [0.25, 0.3) is 10.9 Å². The molecule has 1 amide bonds. The lowest BCUT2D eigenvalue weighted by Crippen LogP contribution is -2.56. The molecule has 1 aromatic carbocycles. The summed E-state index contributed by atoms with van der Waals surface area (Å²) in [5.74, 6) is 0.956. The minimum Gasteiger partial charge on any atom is -0.481 e. The molecule has 1 saturated heterocycles. The number of methoxy groups -OCH3 is 1. The molecule has 24 heavy (non-hydrogen) atoms. The molecule has 0 aliphatic carbocycles. The number of para-hydroxylation sites is 1. The first kappa shape index (κ1) is 16.7. The van der Waals surface area contributed by atoms with Gasteiger partial charge in [0.15, 0.2) is 0 Å². The van der Waals surface area contributed by atoms with Gasteiger partial charge >= 0.3 is 0 Å². The number of amides is 1. The van der Waals surface area contributed by atoms with Crippen LogP contribution in [0, 0.1) is 5.92 Å². The number of rotatable bonds is 3. The summed E-state index contributed by atoms with van der Waals surface area (Å²) >= 11 is 0. The Kier molecular flexibility index (Phi) is 4.71. The van der Waals surface area contributed by atoms with Gasteiger partial charge in [0.05, 0.1) is 18.2 Å². The van der Waals surface area contributed by atoms with Crippen LogP contribution in [0.4, 0.5) is 0 Å². The van der Waals surface area contributed by atoms with Crippen molar-refractivity contribution in [2.24, 2.45) is 5.92 Å². The number of ether oxygens (including phenoxy) is 1. The highest BCUT2D eigenvalue weighted by Gasteiger charge is 2.32. The van der Waals surface area contributed by atoms with Gasteiger partial charge in [-0.05, 0) is 19.0 Å². The highest BCUT2D eigenvalue weighted by atomic mass is 16.5. The normalized spacial score (nSPS) is 19.0. The fourth-order valence-corrected chi connectivity index (χ4v) is 3.36. The molecule has 128 valence electrons. The van der Waals surface area contributed by atoms with E-state index in [-0.39, 0.29) is 11.9 Å². The molecule has 0 radical (unpaired) electrons. The summed E-state index contributed by atoms with van der Waals surface area (Å²) in [6.45, 7) is 6.90. The number of nitrogens with zero attached hydrogens (tertiary/aromatic N) is 3. The molecular formula is C19H25N3O2. The third-order valence-electron chi connectivity index (χ3n) is 4.78. The summed E-state index contributed by atoms with van der Waals surface area (Å²) in [6, 6.07) is 9.72. The van der Waals surface area contributed by atoms with Crippen LogP contribution >= 0.6 is 0 Å². The Morgan fingerprint density at radius 2 is 2.04 bits per heavy atom. The molecule has 1 aliphatic heterocycles. The fourth-order valence-electron chi connectivity index (χ4n) is 3.36. The van der Waals surface area contributed by atoms with Crippen molar-refractivity contribution in [1.29, 1.82) is 0 Å². The van der Waals surface area contributed by atoms with Crippen molar-refractivity contribution in [2.75, 3.05) is 33.8 Å². The van der Waals surface area contributed by atoms with Crippen LogP contribution in [-0.2, 0) is 0 Å². The average molecular weight is 327 g/mol. The molecule has 0 bridgehead atoms. The van der Waals surface area contributed by atoms with Gasteiger partial charge in [0.25, 0.3) is 5.91 Å². The molecule has 5 heteroatoms. The zero-order valence-corrected chi connectivity index (χ0v) is 14.8. The molecule has 1 atom stereocenters. The number of carbonyl (C=O) groups is 1. The molecule has 2 aromatic rings. The first-order valence-electron chi connectivity index (χ1n) is 8.44. The van der Waals surface area contributed by atoms with Crippen molar-refractivity contribution in [3.8, 4) is 5.88 Å². The summed E-state index contributed by atoms with van der Waals surface area (Å²) < 4.78 is 5.30. The molecular weight excluding hydrogens is 302 g/mol. The lowest BCUT2D eigenvalue weighted by Gasteiger charge is -2.42. The van der Waals surface area contributed by atoms with Crippen LogP contribution in [0.15, 0.2) is 30.3 Å². The molecule has 1 unspecified atom stereocenters. The quantitative estimate of drug-likeness (QED) is 0.869. The third-order valence-corrected chi connectivity index (χ3v) is 4.78. The van der Waals surface area contributed by atoms with Crippen LogP contribution < -0.4 is 4.74 Å². The Morgan fingerprint density at radius 1 is 1.29 bits per heavy atom. The molecule has 3 rings (SSSR count). The number of hydrogen-bond acceptors (Lipinski definition) is 4. The van der Waals surface area contributed by atoms with Gasteiger partial charge in [0, 0.05) is 37.1 Å². The monoisotopic (exact) mass is 327 g/mol. The number of pyridine rings is 1. The highest BCUT2D eigenvalue weighted by molar-refractivity contribution is 6.06. The number of carbonyl (C=O) groups excluding carboxylic acids is 1. The first-order valence-corrected chi connectivity index (χ1v) is 8.44. The van der Waals surface area contributed by atoms with E-state index in [4.69, 9.17) is 4.74 Å². The number of benzene rings is 1. The SMILES string of the molecule is COc1cc(C(=O)N2CCN(C)CC2C(C)C)c2ccccc2n1. The molecule has 5 nitrogen and oxygen atoms in total. The van der Waals surface area contributed by atoms with Crippen molar-refractivity contribution >= 4 is 16.8 Å². The predicted molar refractivity (Wildman–Crippen MR) is 95.5 cm³/mol. The van der Waals surface area contributed by atoms with Crippen molar-refractivity contribution in [2.45, 2.75) is 19.9 Å². The average Bonchev–Trinajstić information content (AvgIpc) is 2.60. The Hall–Kier alpha value is -2.14. The van der Waals surface area contributed by atoms with Gasteiger partial charge in [-0.25, -0.2) is 4.98 Å². The molecule has 0 saturated carbocycles. The van der Waals surface area contributed by atoms with E-state index in [2.05, 4.69) is 30.8 Å². The minimum atomic E-state index is 0.0682. The number of fused-ring (bicyclic) bond motifs is 1. The highest BCUT2D eigenvalue weighted by Crippen LogP contribution is 2.26. The van der Waals surface area contributed by atoms with Gasteiger partial charge in [-0.3, -0.25) is 4.79 Å². The van der Waals surface area contributed by atoms with Crippen molar-refractivity contribution in [3.63, 3.8) is 0 Å². The van der Waals surface area contributed by atoms with E-state index in [1.807, 2.05) is 29.2 Å². The lowest BCUT2D eigenvalue weighted by atomic mass is 9.98. The largest absolute Gasteiger partial charge is 0.481 e. The zero-order chi connectivity index (χ0) is 17.3. The second-order valence-corrected chi connectivity index (χ2v) is 6.80. The molecule has 1 fully saturated rings. The molecule has 0 spiro atoms. The van der Waals surface area contributed by atoms with Crippen LogP contribution in [0.2, 0.25) is 0 Å². The third kappa shape index (κ3) is 3.08. The van der Waals surface area contributed by atoms with Crippen molar-refractivity contribution < 1.29 is 9.53 Å². The Morgan fingerprint density at radius 3 is 2.75 bits per heavy atom. The van der Waals surface area contributed by atoms with E-state index in [1.54, 1.807) is 13.2 Å². The summed E-state index contributed by atoms with van der Waals surface area (Å²) in [5, 5.41) is 0.879. The van der Waals surface area contributed by atoms with Crippen LogP contribution in [0.5, 0.6) is 5.88 Å². The standard InChI is InChI=1S/C19H25N3O2/c1-13(2)17-12-21(3)9-10-22(17)19(23)15-11-18(24-4)20-16-8-6-5-7-14(15)16/h5-8,11,13,17H,9-10,12H2,1-4H3. The van der Waals surface area contributed by atoms with Gasteiger partial charge in [-0.2, -0.15) is 0 Å². The van der Waals surface area contributed by atoms with E-state index in [0.717, 1.165) is 30.5 Å². The Balaban J connectivity index is 2.04. The second-order valence-electron chi connectivity index (χ2n) is 6.80. The zero-order valence-electron chi connectivity index (χ0n) is 14.8. The number of aromatic nitrogens is 1. The number of likely N-dealkylation sites (N-methyl/N-ethyl adjacent to an activating group) is 1. The maximum Gasteiger partial charge on any atom is 0.255 e. The van der Waals surface area contributed by atoms with Crippen molar-refractivity contribution in [3.05, 3.63) is 35.9 Å². The van der Waals surface area contributed by atoms with E-state index in [1.165, 1.54) is 0 Å². The summed E-state index contributed by atoms with van der Waals surface area (Å²) in [6.07, 6.45) is 0. The maximum absolute atomic E-state index is 13.3. The van der Waals surface area contributed by atoms with Crippen LogP contribution in [-0.4, -0.2) is 60.5 Å². The molecule has 0 N–H and O–H groups in total. The molecule has 1 aliphatic rings. The topological polar surface area (TPSA) is 45.7 Å². The second kappa shape index (κ2) is 6.77. The van der Waals surface area contributed by atoms with E-state index in [9.17, 15) is 4.79 Å². The van der Waals surface area contributed by atoms with Gasteiger partial charge in [-0.15, -0.1) is 0 Å². The summed E-state index contributed by atoms with van der Waals surface area (Å²) in [5.41, 5.74) is 1.46. The Labute approximate surface area is 143 Å². The number of hydrogen-bond donors (Lipinski definition) is 0. The van der Waals surface area contributed by atoms with E-state index < -0.39 is 0 Å². The minimum absolute atomic E-state index is 0.0682. The summed E-state index contributed by atoms with van der Waals surface area (Å²) in [4.78, 5) is 22.1. The van der Waals surface area contributed by atoms with Crippen LogP contribution in [0.1, 0.15) is 24.2 Å². The van der Waals surface area contributed by atoms with Crippen molar-refractivity contribution in [1.82, 2.24) is 14.8 Å². The molecule has 1 aromatic heterocycles. The molecule has 2 heterocycles. The van der Waals surface area contributed by atoms with Gasteiger partial charge in [0.2, 0.25) is 5.88 Å². The predicted octanol–water partition coefficient (Wildman–Crippen LogP) is 2.66. The first-order chi connectivity index (χ1) is 11.5.